The van der Waals surface area contributed by atoms with Gasteiger partial charge in [-0.15, -0.1) is 0 Å². The predicted octanol–water partition coefficient (Wildman–Crippen LogP) is 20.2. The standard InChI is InChI=1S/C15H19NO.C12H21NO2.C11H19NO.C10H17NO2.C10H17NOS.C10H17NO.C9H14N2O2.C9H17NO3S.C9H17NO2S.C9H15NOS/c1-15(2,3)10-9-14-16-11-13(17-14)12-7-5-4-6-8-12;1-6-13-9(14)7-12(5,10(13)15)8-11(2,3)4;1-8-6-11(5,9(13)12-8)7-10(2,3)4;2*1-7-11-8(12)10(5,13-7)6-9(2,3)4;1-7-5-8(9(12)11-7)6-10(2,3)4;1-5-10-7(9(2,3)4)6(12)8(13)11-5;1-9(2,3)5-7-6-14(12,13)10(4)8(7)11;1-9(2,3)5-7-6-13(4,12)10-8(7)11;1-6-10-8(11)7(12-6)5-9(2,3)4/h4-8,11H,9-10H2,1-3H3;6-8H2,1-5H3;1,6-7H2,2-5H3,(H,12,13);2*1,6H2,2-5H3,(H,11,12);8H,1,5-6H2,2-4H3,(H,11,12);12H,1-4H3,(H,10,11,13);7H,5-6H2,1-4H3;7H,4-6H2,1-3H3,(H,10,11,12);7H,1,5H2,2-4H3,(H,10,11). The van der Waals surface area contributed by atoms with E-state index in [9.17, 15) is 65.7 Å². The molecule has 9 unspecified atom stereocenters. The molecule has 0 radical (unpaired) electrons. The van der Waals surface area contributed by atoms with Gasteiger partial charge in [-0.3, -0.25) is 62.9 Å². The van der Waals surface area contributed by atoms with E-state index in [0.717, 1.165) is 107 Å². The Labute approximate surface area is 820 Å². The zero-order chi connectivity index (χ0) is 105. The number of amides is 9. The second kappa shape index (κ2) is 47.1. The lowest BCUT2D eigenvalue weighted by atomic mass is 9.74. The predicted molar refractivity (Wildman–Crippen MR) is 553 cm³/mol. The molecule has 0 saturated carbocycles. The second-order valence-corrected chi connectivity index (χ2v) is 57.1. The lowest BCUT2D eigenvalue weighted by Crippen LogP contribution is -2.39. The van der Waals surface area contributed by atoms with E-state index in [4.69, 9.17) is 9.15 Å². The quantitative estimate of drug-likeness (QED) is 0.0617. The summed E-state index contributed by atoms with van der Waals surface area (Å²) in [5.41, 5.74) is 2.35. The number of thioether (sulfide) groups is 2. The highest BCUT2D eigenvalue weighted by atomic mass is 32.2. The first-order valence-electron chi connectivity index (χ1n) is 46.7. The van der Waals surface area contributed by atoms with E-state index in [2.05, 4.69) is 251 Å². The van der Waals surface area contributed by atoms with Gasteiger partial charge in [0.05, 0.1) is 60.4 Å². The van der Waals surface area contributed by atoms with Crippen molar-refractivity contribution in [3.8, 4) is 17.1 Å². The van der Waals surface area contributed by atoms with Gasteiger partial charge in [0.25, 0.3) is 11.5 Å². The molecule has 2 aromatic heterocycles. The van der Waals surface area contributed by atoms with Crippen LogP contribution in [0.4, 0.5) is 0 Å². The molecule has 8 fully saturated rings. The third-order valence-corrected chi connectivity index (χ3v) is 27.1. The molecule has 9 amide bonds. The number of oxazole rings is 1. The average molecular weight is 1960 g/mol. The zero-order valence-corrected chi connectivity index (χ0v) is 92.6. The minimum Gasteiger partial charge on any atom is -0.502 e. The minimum atomic E-state index is -3.31. The highest BCUT2D eigenvalue weighted by Crippen LogP contribution is 2.46. The van der Waals surface area contributed by atoms with E-state index in [1.54, 1.807) is 37.4 Å². The fourth-order valence-corrected chi connectivity index (χ4v) is 22.6. The number of benzene rings is 1. The Hall–Kier alpha value is -8.29. The number of hydrogen-bond donors (Lipinski definition) is 8. The van der Waals surface area contributed by atoms with Crippen molar-refractivity contribution >= 4 is 102 Å². The maximum Gasteiger partial charge on any atom is 0.293 e. The molecule has 8 N–H and O–H groups in total. The van der Waals surface area contributed by atoms with Crippen LogP contribution >= 0.6 is 23.5 Å². The number of aromatic amines is 1. The molecule has 8 aliphatic rings. The summed E-state index contributed by atoms with van der Waals surface area (Å²) in [5.74, 6) is 5.84. The number of aryl methyl sites for hydroxylation is 2. The van der Waals surface area contributed by atoms with Gasteiger partial charge in [-0.2, -0.15) is 0 Å². The van der Waals surface area contributed by atoms with Crippen molar-refractivity contribution in [2.45, 2.75) is 354 Å². The summed E-state index contributed by atoms with van der Waals surface area (Å²) in [6, 6.07) is 10.1. The summed E-state index contributed by atoms with van der Waals surface area (Å²) >= 11 is 3.09. The molecule has 27 nitrogen and oxygen atoms in total. The fourth-order valence-electron chi connectivity index (χ4n) is 17.1. The van der Waals surface area contributed by atoms with Crippen LogP contribution in [-0.4, -0.2) is 142 Å². The van der Waals surface area contributed by atoms with Crippen molar-refractivity contribution in [1.82, 2.24) is 55.5 Å². The number of sulfonamides is 1. The Morgan fingerprint density at radius 2 is 1.04 bits per heavy atom. The number of imide groups is 1. The van der Waals surface area contributed by atoms with E-state index < -0.39 is 36.3 Å². The summed E-state index contributed by atoms with van der Waals surface area (Å²) < 4.78 is 48.3. The number of rotatable bonds is 12. The van der Waals surface area contributed by atoms with Crippen LogP contribution in [-0.2, 0) is 79.5 Å². The topological polar surface area (TPSA) is 385 Å². The van der Waals surface area contributed by atoms with Gasteiger partial charge in [-0.25, -0.2) is 26.9 Å². The number of nitrogens with one attached hydrogen (secondary N) is 7. The number of H-pyrrole nitrogens is 1. The Bertz CT molecular complexity index is 4840. The molecule has 31 heteroatoms. The molecule has 1 aromatic carbocycles. The van der Waals surface area contributed by atoms with Crippen molar-refractivity contribution in [1.29, 1.82) is 0 Å². The lowest BCUT2D eigenvalue weighted by Gasteiger charge is -2.29. The van der Waals surface area contributed by atoms with Crippen molar-refractivity contribution in [2.75, 3.05) is 25.1 Å². The van der Waals surface area contributed by atoms with E-state index in [-0.39, 0.29) is 147 Å². The normalized spacial score (nSPS) is 24.5. The average Bonchev–Trinajstić information content (AvgIpc) is 1.63. The Morgan fingerprint density at radius 3 is 1.41 bits per heavy atom. The maximum absolute atomic E-state index is 12.1. The largest absolute Gasteiger partial charge is 0.502 e. The smallest absolute Gasteiger partial charge is 0.293 e. The van der Waals surface area contributed by atoms with Gasteiger partial charge in [0.15, 0.2) is 23.1 Å². The molecule has 10 heterocycles. The van der Waals surface area contributed by atoms with Crippen LogP contribution in [0.15, 0.2) is 106 Å². The number of nitrogens with zero attached hydrogens (tertiary/aromatic N) is 4. The van der Waals surface area contributed by atoms with Gasteiger partial charge in [-0.05, 0) is 147 Å². The van der Waals surface area contributed by atoms with Crippen molar-refractivity contribution in [3.05, 3.63) is 125 Å². The SMILES string of the molecule is C=C1CC(C)(CC(C)(C)C)C(=O)N1.C=C1CC(CC(C)(C)C)C(=O)N1.C=C1NC(=O)C(C)(CC(C)(C)C)O1.C=C1NC(=O)C(C)(CC(C)(C)C)S1.C=C1NC(=O)C(CC(C)(C)C)S1.C=S1(=O)CC(CC(C)(C)C)C(=O)N1.CC(C)(C)CCc1ncc(-c2ccccc2)o1.CCN1C(=O)CC(C)(CC(C)(C)C)C1=O.CN1C(=O)C(CC(C)(C)C)CS1(=O)=O.Cc1nc(C(C)(C)C)c(O)c(=O)[nH]1. The molecule has 0 aliphatic carbocycles. The molecule has 8 saturated heterocycles. The highest BCUT2D eigenvalue weighted by Gasteiger charge is 2.51. The number of likely N-dealkylation sites (tertiary alicyclic amines) is 1. The summed E-state index contributed by atoms with van der Waals surface area (Å²) in [4.78, 5) is 127. The number of hydrogen-bond acceptors (Lipinski definition) is 20. The van der Waals surface area contributed by atoms with Crippen molar-refractivity contribution < 1.29 is 70.0 Å². The van der Waals surface area contributed by atoms with Crippen LogP contribution in [0, 0.1) is 84.2 Å². The molecule has 8 aliphatic heterocycles. The number of allylic oxidation sites excluding steroid dienone is 2. The molecular formula is C104H173N11O16S4. The van der Waals surface area contributed by atoms with Crippen LogP contribution in [0.3, 0.4) is 0 Å². The fraction of sp³-hybridized carbons (Fsp3) is 0.683. The van der Waals surface area contributed by atoms with Crippen LogP contribution in [0.5, 0.6) is 5.75 Å². The third-order valence-electron chi connectivity index (χ3n) is 21.5. The Kier molecular flexibility index (Phi) is 42.8. The molecule has 9 atom stereocenters. The van der Waals surface area contributed by atoms with Crippen molar-refractivity contribution in [2.24, 2.45) is 77.3 Å². The second-order valence-electron chi connectivity index (χ2n) is 50.0. The van der Waals surface area contributed by atoms with Gasteiger partial charge >= 0.3 is 0 Å². The molecule has 764 valence electrons. The number of carbonyl (C=O) groups is 9. The van der Waals surface area contributed by atoms with Crippen molar-refractivity contribution in [3.63, 3.8) is 0 Å². The summed E-state index contributed by atoms with van der Waals surface area (Å²) in [6.45, 7) is 93.3. The first kappa shape index (κ1) is 123. The first-order chi connectivity index (χ1) is 60.3. The van der Waals surface area contributed by atoms with Crippen LogP contribution < -0.4 is 36.9 Å². The maximum atomic E-state index is 12.1. The summed E-state index contributed by atoms with van der Waals surface area (Å²) in [5, 5.41) is 24.7. The van der Waals surface area contributed by atoms with Crippen LogP contribution in [0.2, 0.25) is 0 Å². The number of ether oxygens (including phenoxy) is 1. The van der Waals surface area contributed by atoms with Gasteiger partial charge in [0.1, 0.15) is 5.82 Å². The molecule has 11 rings (SSSR count). The monoisotopic (exact) mass is 1960 g/mol. The van der Waals surface area contributed by atoms with Crippen LogP contribution in [0.25, 0.3) is 11.3 Å². The molecule has 135 heavy (non-hydrogen) atoms. The molecule has 0 bridgehead atoms. The van der Waals surface area contributed by atoms with Crippen LogP contribution in [0.1, 0.15) is 337 Å². The van der Waals surface area contributed by atoms with E-state index in [1.807, 2.05) is 106 Å². The van der Waals surface area contributed by atoms with Gasteiger partial charge < -0.3 is 40.5 Å². The Balaban J connectivity index is 0.000000508. The zero-order valence-electron chi connectivity index (χ0n) is 89.3. The number of aromatic nitrogens is 3. The van der Waals surface area contributed by atoms with Gasteiger partial charge in [0.2, 0.25) is 63.0 Å². The Morgan fingerprint density at radius 1 is 0.541 bits per heavy atom. The summed E-state index contributed by atoms with van der Waals surface area (Å²) in [7, 11) is -4.29. The third kappa shape index (κ3) is 44.6. The number of aromatic hydroxyl groups is 1. The minimum absolute atomic E-state index is 0.00456. The number of carbonyl (C=O) groups excluding carboxylic acids is 9. The highest BCUT2D eigenvalue weighted by molar-refractivity contribution is 8.05. The molecule has 3 aromatic rings. The van der Waals surface area contributed by atoms with Gasteiger partial charge in [-0.1, -0.05) is 302 Å². The van der Waals surface area contributed by atoms with E-state index >= 15 is 0 Å². The lowest BCUT2D eigenvalue weighted by molar-refractivity contribution is -0.141. The van der Waals surface area contributed by atoms with Gasteiger partial charge in [0, 0.05) is 83.0 Å². The first-order valence-corrected chi connectivity index (χ1v) is 51.9. The summed E-state index contributed by atoms with van der Waals surface area (Å²) in [6.07, 6.45) is 12.2. The van der Waals surface area contributed by atoms with E-state index in [1.165, 1.54) is 11.9 Å². The molecular weight excluding hydrogens is 1790 g/mol. The van der Waals surface area contributed by atoms with E-state index in [0.29, 0.717) is 54.4 Å². The molecule has 0 spiro atoms.